The number of amides is 2. The molecular formula is C20H22F2N2O2. The average Bonchev–Trinajstić information content (AvgIpc) is 2.59. The first-order valence-electron chi connectivity index (χ1n) is 8.35. The monoisotopic (exact) mass is 360 g/mol. The minimum absolute atomic E-state index is 0.250. The van der Waals surface area contributed by atoms with Crippen LogP contribution in [0.25, 0.3) is 0 Å². The third kappa shape index (κ3) is 4.65. The van der Waals surface area contributed by atoms with Gasteiger partial charge in [0.05, 0.1) is 0 Å². The molecule has 0 radical (unpaired) electrons. The summed E-state index contributed by atoms with van der Waals surface area (Å²) in [6, 6.07) is 11.7. The van der Waals surface area contributed by atoms with Gasteiger partial charge in [-0.15, -0.1) is 0 Å². The molecular weight excluding hydrogens is 338 g/mol. The number of benzene rings is 2. The van der Waals surface area contributed by atoms with Crippen molar-refractivity contribution in [2.45, 2.75) is 26.4 Å². The Morgan fingerprint density at radius 2 is 1.58 bits per heavy atom. The van der Waals surface area contributed by atoms with E-state index in [1.54, 1.807) is 20.9 Å². The summed E-state index contributed by atoms with van der Waals surface area (Å²) < 4.78 is 27.6. The van der Waals surface area contributed by atoms with E-state index in [-0.39, 0.29) is 11.8 Å². The maximum atomic E-state index is 13.8. The van der Waals surface area contributed by atoms with Gasteiger partial charge in [0.1, 0.15) is 23.2 Å². The zero-order chi connectivity index (χ0) is 19.3. The van der Waals surface area contributed by atoms with Crippen molar-refractivity contribution in [3.63, 3.8) is 0 Å². The lowest BCUT2D eigenvalue weighted by Crippen LogP contribution is -2.50. The Hall–Kier alpha value is -2.76. The minimum atomic E-state index is -0.963. The fourth-order valence-corrected chi connectivity index (χ4v) is 2.61. The minimum Gasteiger partial charge on any atom is -0.340 e. The van der Waals surface area contributed by atoms with Crippen molar-refractivity contribution in [3.8, 4) is 0 Å². The highest BCUT2D eigenvalue weighted by Gasteiger charge is 2.29. The summed E-state index contributed by atoms with van der Waals surface area (Å²) in [7, 11) is 1.63. The molecule has 0 fully saturated rings. The van der Waals surface area contributed by atoms with Gasteiger partial charge in [0.2, 0.25) is 5.91 Å². The number of hydrogen-bond donors (Lipinski definition) is 1. The summed E-state index contributed by atoms with van der Waals surface area (Å²) in [5, 5.41) is 2.47. The number of rotatable bonds is 6. The summed E-state index contributed by atoms with van der Waals surface area (Å²) >= 11 is 0. The molecule has 0 spiro atoms. The average molecular weight is 360 g/mol. The highest BCUT2D eigenvalue weighted by Crippen LogP contribution is 2.14. The molecule has 2 aromatic rings. The molecule has 0 aliphatic carbocycles. The van der Waals surface area contributed by atoms with Crippen LogP contribution in [0.3, 0.4) is 0 Å². The first kappa shape index (κ1) is 19.6. The fraction of sp³-hybridized carbons (Fsp3) is 0.300. The molecule has 6 heteroatoms. The molecule has 1 N–H and O–H groups in total. The maximum absolute atomic E-state index is 13.8. The molecule has 0 aliphatic heterocycles. The van der Waals surface area contributed by atoms with Crippen molar-refractivity contribution in [1.82, 2.24) is 10.2 Å². The van der Waals surface area contributed by atoms with Crippen LogP contribution in [0.15, 0.2) is 48.5 Å². The largest absolute Gasteiger partial charge is 0.340 e. The number of halogens is 2. The lowest BCUT2D eigenvalue weighted by atomic mass is 10.0. The Morgan fingerprint density at radius 3 is 2.12 bits per heavy atom. The molecule has 2 rings (SSSR count). The number of nitrogens with zero attached hydrogens (tertiary/aromatic N) is 1. The highest BCUT2D eigenvalue weighted by atomic mass is 19.1. The van der Waals surface area contributed by atoms with Crippen molar-refractivity contribution >= 4 is 11.8 Å². The van der Waals surface area contributed by atoms with Crippen LogP contribution in [-0.2, 0) is 11.3 Å². The van der Waals surface area contributed by atoms with E-state index in [0.29, 0.717) is 6.54 Å². The second-order valence-electron chi connectivity index (χ2n) is 6.47. The molecule has 2 aromatic carbocycles. The zero-order valence-electron chi connectivity index (χ0n) is 15.0. The smallest absolute Gasteiger partial charge is 0.257 e. The van der Waals surface area contributed by atoms with Crippen LogP contribution >= 0.6 is 0 Å². The van der Waals surface area contributed by atoms with Crippen LogP contribution in [0.4, 0.5) is 8.78 Å². The van der Waals surface area contributed by atoms with Gasteiger partial charge in [0.15, 0.2) is 0 Å². The Labute approximate surface area is 151 Å². The van der Waals surface area contributed by atoms with Gasteiger partial charge in [0.25, 0.3) is 5.91 Å². The van der Waals surface area contributed by atoms with Gasteiger partial charge in [-0.3, -0.25) is 9.59 Å². The Morgan fingerprint density at radius 1 is 1.00 bits per heavy atom. The molecule has 1 atom stereocenters. The van der Waals surface area contributed by atoms with Crippen molar-refractivity contribution in [2.75, 3.05) is 7.05 Å². The summed E-state index contributed by atoms with van der Waals surface area (Å²) in [6.45, 7) is 3.89. The van der Waals surface area contributed by atoms with Crippen LogP contribution in [0.1, 0.15) is 29.8 Å². The number of carbonyl (C=O) groups is 2. The van der Waals surface area contributed by atoms with E-state index in [0.717, 1.165) is 17.7 Å². The quantitative estimate of drug-likeness (QED) is 0.859. The third-order valence-corrected chi connectivity index (χ3v) is 4.05. The van der Waals surface area contributed by atoms with Crippen molar-refractivity contribution in [1.29, 1.82) is 0 Å². The molecule has 0 bridgehead atoms. The number of likely N-dealkylation sites (N-methyl/N-ethyl adjacent to an activating group) is 1. The molecule has 138 valence electrons. The predicted octanol–water partition coefficient (Wildman–Crippen LogP) is 3.38. The van der Waals surface area contributed by atoms with E-state index in [2.05, 4.69) is 5.32 Å². The first-order chi connectivity index (χ1) is 12.3. The molecule has 0 heterocycles. The predicted molar refractivity (Wildman–Crippen MR) is 95.4 cm³/mol. The van der Waals surface area contributed by atoms with Gasteiger partial charge in [-0.25, -0.2) is 8.78 Å². The Bertz CT molecular complexity index is 758. The molecule has 4 nitrogen and oxygen atoms in total. The van der Waals surface area contributed by atoms with Gasteiger partial charge in [-0.05, 0) is 23.6 Å². The molecule has 0 saturated carbocycles. The number of carbonyl (C=O) groups excluding carboxylic acids is 2. The van der Waals surface area contributed by atoms with E-state index in [1.807, 2.05) is 30.3 Å². The number of nitrogens with one attached hydrogen (secondary N) is 1. The molecule has 26 heavy (non-hydrogen) atoms. The lowest BCUT2D eigenvalue weighted by Gasteiger charge is -2.27. The molecule has 0 aliphatic rings. The summed E-state index contributed by atoms with van der Waals surface area (Å²) in [5.41, 5.74) is 0.258. The van der Waals surface area contributed by atoms with Gasteiger partial charge in [-0.1, -0.05) is 50.2 Å². The Balaban J connectivity index is 2.15. The van der Waals surface area contributed by atoms with Crippen LogP contribution < -0.4 is 5.32 Å². The van der Waals surface area contributed by atoms with Gasteiger partial charge in [0, 0.05) is 13.6 Å². The van der Waals surface area contributed by atoms with Gasteiger partial charge >= 0.3 is 0 Å². The van der Waals surface area contributed by atoms with Gasteiger partial charge in [-0.2, -0.15) is 0 Å². The van der Waals surface area contributed by atoms with E-state index in [9.17, 15) is 18.4 Å². The van der Waals surface area contributed by atoms with E-state index >= 15 is 0 Å². The standard InChI is InChI=1S/C20H22F2N2O2/c1-13(2)18(20(26)24(3)12-14-8-5-4-6-9-14)23-19(25)17-15(21)10-7-11-16(17)22/h4-11,13,18H,12H2,1-3H3,(H,23,25)/t18-/m0/s1. The van der Waals surface area contributed by atoms with Crippen molar-refractivity contribution in [2.24, 2.45) is 5.92 Å². The highest BCUT2D eigenvalue weighted by molar-refractivity contribution is 5.98. The maximum Gasteiger partial charge on any atom is 0.257 e. The van der Waals surface area contributed by atoms with Crippen molar-refractivity contribution in [3.05, 3.63) is 71.3 Å². The SMILES string of the molecule is CC(C)[C@H](NC(=O)c1c(F)cccc1F)C(=O)N(C)Cc1ccccc1. The van der Waals surface area contributed by atoms with Crippen LogP contribution in [0.2, 0.25) is 0 Å². The molecule has 2 amide bonds. The summed E-state index contributed by atoms with van der Waals surface area (Å²) in [5.74, 6) is -3.44. The zero-order valence-corrected chi connectivity index (χ0v) is 15.0. The van der Waals surface area contributed by atoms with Crippen LogP contribution in [0.5, 0.6) is 0 Å². The molecule has 0 saturated heterocycles. The van der Waals surface area contributed by atoms with E-state index in [1.165, 1.54) is 11.0 Å². The molecule has 0 aromatic heterocycles. The number of hydrogen-bond acceptors (Lipinski definition) is 2. The normalized spacial score (nSPS) is 11.9. The topological polar surface area (TPSA) is 49.4 Å². The summed E-state index contributed by atoms with van der Waals surface area (Å²) in [6.07, 6.45) is 0. The van der Waals surface area contributed by atoms with E-state index < -0.39 is 29.1 Å². The summed E-state index contributed by atoms with van der Waals surface area (Å²) in [4.78, 5) is 26.6. The van der Waals surface area contributed by atoms with Gasteiger partial charge < -0.3 is 10.2 Å². The first-order valence-corrected chi connectivity index (χ1v) is 8.35. The second kappa shape index (κ2) is 8.56. The Kier molecular flexibility index (Phi) is 6.44. The fourth-order valence-electron chi connectivity index (χ4n) is 2.61. The van der Waals surface area contributed by atoms with Crippen LogP contribution in [0, 0.1) is 17.6 Å². The molecule has 0 unspecified atom stereocenters. The van der Waals surface area contributed by atoms with Crippen molar-refractivity contribution < 1.29 is 18.4 Å². The van der Waals surface area contributed by atoms with E-state index in [4.69, 9.17) is 0 Å². The lowest BCUT2D eigenvalue weighted by molar-refractivity contribution is -0.133. The second-order valence-corrected chi connectivity index (χ2v) is 6.47. The van der Waals surface area contributed by atoms with Crippen LogP contribution in [-0.4, -0.2) is 29.8 Å². The third-order valence-electron chi connectivity index (χ3n) is 4.05.